The summed E-state index contributed by atoms with van der Waals surface area (Å²) in [5.74, 6) is 2.53. The minimum absolute atomic E-state index is 0.281. The lowest BCUT2D eigenvalue weighted by Crippen LogP contribution is -2.42. The molecule has 94 valence electrons. The number of hydrogen-bond donors (Lipinski definition) is 1. The van der Waals surface area contributed by atoms with Crippen LogP contribution in [-0.2, 0) is 6.42 Å². The van der Waals surface area contributed by atoms with Crippen molar-refractivity contribution in [3.63, 3.8) is 0 Å². The van der Waals surface area contributed by atoms with E-state index in [1.54, 1.807) is 0 Å². The zero-order chi connectivity index (χ0) is 12.3. The van der Waals surface area contributed by atoms with E-state index in [1.807, 2.05) is 0 Å². The summed E-state index contributed by atoms with van der Waals surface area (Å²) in [5, 5.41) is 1.29. The number of nitrogens with two attached hydrogens (primary N) is 1. The average molecular weight is 267 g/mol. The Hall–Kier alpha value is -0.120. The first-order valence-corrected chi connectivity index (χ1v) is 8.31. The van der Waals surface area contributed by atoms with Crippen LogP contribution in [0.25, 0.3) is 0 Å². The number of benzene rings is 1. The Morgan fingerprint density at radius 3 is 2.71 bits per heavy atom. The molecule has 1 aromatic rings. The summed E-state index contributed by atoms with van der Waals surface area (Å²) in [4.78, 5) is 0. The average Bonchev–Trinajstić information content (AvgIpc) is 2.32. The molecule has 0 saturated carbocycles. The second-order valence-corrected chi connectivity index (χ2v) is 7.48. The van der Waals surface area contributed by atoms with Gasteiger partial charge >= 0.3 is 0 Å². The predicted octanol–water partition coefficient (Wildman–Crippen LogP) is 3.10. The second-order valence-electron chi connectivity index (χ2n) is 4.71. The van der Waals surface area contributed by atoms with Crippen molar-refractivity contribution in [1.82, 2.24) is 0 Å². The summed E-state index contributed by atoms with van der Waals surface area (Å²) in [6, 6.07) is 8.87. The van der Waals surface area contributed by atoms with Crippen molar-refractivity contribution in [2.75, 3.05) is 11.5 Å². The lowest BCUT2D eigenvalue weighted by molar-refractivity contribution is 0.620. The van der Waals surface area contributed by atoms with Gasteiger partial charge in [-0.15, -0.1) is 0 Å². The first kappa shape index (κ1) is 13.3. The molecule has 1 aliphatic heterocycles. The number of aryl methyl sites for hydroxylation is 1. The Bertz CT molecular complexity index is 367. The Balaban J connectivity index is 2.01. The molecule has 0 radical (unpaired) electrons. The van der Waals surface area contributed by atoms with E-state index < -0.39 is 0 Å². The molecule has 3 heteroatoms. The highest BCUT2D eigenvalue weighted by Gasteiger charge is 2.28. The standard InChI is InChI=1S/C14H21NS2/c1-10-5-3-4-6-12(10)9-13(15)14-11(2)16-7-8-17-14/h3-6,11,13-14H,7-9,15H2,1-2H3. The van der Waals surface area contributed by atoms with Gasteiger partial charge in [-0.2, -0.15) is 23.5 Å². The van der Waals surface area contributed by atoms with Crippen LogP contribution in [0.1, 0.15) is 18.1 Å². The Morgan fingerprint density at radius 2 is 2.00 bits per heavy atom. The van der Waals surface area contributed by atoms with Crippen LogP contribution in [0.5, 0.6) is 0 Å². The van der Waals surface area contributed by atoms with Crippen molar-refractivity contribution >= 4 is 23.5 Å². The molecule has 1 aromatic carbocycles. The van der Waals surface area contributed by atoms with E-state index >= 15 is 0 Å². The van der Waals surface area contributed by atoms with Crippen LogP contribution in [-0.4, -0.2) is 28.0 Å². The molecule has 1 aliphatic rings. The highest BCUT2D eigenvalue weighted by atomic mass is 32.2. The maximum Gasteiger partial charge on any atom is 0.0318 e. The molecule has 0 bridgehead atoms. The Kier molecular flexibility index (Phi) is 4.83. The lowest BCUT2D eigenvalue weighted by atomic mass is 9.99. The third-order valence-electron chi connectivity index (χ3n) is 3.38. The van der Waals surface area contributed by atoms with Gasteiger partial charge in [-0.3, -0.25) is 0 Å². The Morgan fingerprint density at radius 1 is 1.29 bits per heavy atom. The van der Waals surface area contributed by atoms with Crippen molar-refractivity contribution in [2.45, 2.75) is 36.8 Å². The normalized spacial score (nSPS) is 26.8. The van der Waals surface area contributed by atoms with Gasteiger partial charge in [-0.1, -0.05) is 31.2 Å². The van der Waals surface area contributed by atoms with Gasteiger partial charge in [0.05, 0.1) is 0 Å². The van der Waals surface area contributed by atoms with Crippen LogP contribution in [0.3, 0.4) is 0 Å². The van der Waals surface area contributed by atoms with E-state index in [0.717, 1.165) is 6.42 Å². The third kappa shape index (κ3) is 3.43. The van der Waals surface area contributed by atoms with E-state index in [4.69, 9.17) is 5.73 Å². The number of hydrogen-bond acceptors (Lipinski definition) is 3. The predicted molar refractivity (Wildman–Crippen MR) is 81.0 cm³/mol. The molecule has 3 atom stereocenters. The van der Waals surface area contributed by atoms with E-state index in [2.05, 4.69) is 61.6 Å². The van der Waals surface area contributed by atoms with E-state index in [-0.39, 0.29) is 6.04 Å². The third-order valence-corrected chi connectivity index (χ3v) is 6.65. The maximum atomic E-state index is 6.41. The molecule has 0 aromatic heterocycles. The summed E-state index contributed by atoms with van der Waals surface area (Å²) in [6.07, 6.45) is 1.01. The SMILES string of the molecule is Cc1ccccc1CC(N)C1SCCSC1C. The van der Waals surface area contributed by atoms with Crippen molar-refractivity contribution in [3.8, 4) is 0 Å². The minimum Gasteiger partial charge on any atom is -0.326 e. The zero-order valence-corrected chi connectivity index (χ0v) is 12.2. The summed E-state index contributed by atoms with van der Waals surface area (Å²) >= 11 is 4.13. The Labute approximate surface area is 113 Å². The molecule has 1 fully saturated rings. The molecule has 1 saturated heterocycles. The topological polar surface area (TPSA) is 26.0 Å². The summed E-state index contributed by atoms with van der Waals surface area (Å²) in [6.45, 7) is 4.49. The maximum absolute atomic E-state index is 6.41. The molecule has 0 amide bonds. The fourth-order valence-corrected chi connectivity index (χ4v) is 5.22. The monoisotopic (exact) mass is 267 g/mol. The van der Waals surface area contributed by atoms with E-state index in [9.17, 15) is 0 Å². The van der Waals surface area contributed by atoms with Gasteiger partial charge in [-0.25, -0.2) is 0 Å². The summed E-state index contributed by atoms with van der Waals surface area (Å²) < 4.78 is 0. The van der Waals surface area contributed by atoms with Gasteiger partial charge in [0.2, 0.25) is 0 Å². The quantitative estimate of drug-likeness (QED) is 0.911. The van der Waals surface area contributed by atoms with Crippen molar-refractivity contribution < 1.29 is 0 Å². The fraction of sp³-hybridized carbons (Fsp3) is 0.571. The van der Waals surface area contributed by atoms with Crippen LogP contribution in [0, 0.1) is 6.92 Å². The fourth-order valence-electron chi connectivity index (χ4n) is 2.33. The van der Waals surface area contributed by atoms with Crippen LogP contribution < -0.4 is 5.73 Å². The molecule has 2 N–H and O–H groups in total. The molecule has 1 nitrogen and oxygen atoms in total. The van der Waals surface area contributed by atoms with Gasteiger partial charge in [0.25, 0.3) is 0 Å². The number of rotatable bonds is 3. The molecule has 1 heterocycles. The van der Waals surface area contributed by atoms with Gasteiger partial charge in [-0.05, 0) is 24.5 Å². The van der Waals surface area contributed by atoms with Crippen molar-refractivity contribution in [2.24, 2.45) is 5.73 Å². The molecule has 17 heavy (non-hydrogen) atoms. The van der Waals surface area contributed by atoms with E-state index in [0.29, 0.717) is 10.5 Å². The van der Waals surface area contributed by atoms with Crippen molar-refractivity contribution in [1.29, 1.82) is 0 Å². The van der Waals surface area contributed by atoms with Gasteiger partial charge in [0.15, 0.2) is 0 Å². The summed E-state index contributed by atoms with van der Waals surface area (Å²) in [5.41, 5.74) is 9.18. The second kappa shape index (κ2) is 6.17. The van der Waals surface area contributed by atoms with Crippen LogP contribution in [0.4, 0.5) is 0 Å². The highest BCUT2D eigenvalue weighted by Crippen LogP contribution is 2.33. The number of thioether (sulfide) groups is 2. The van der Waals surface area contributed by atoms with Crippen LogP contribution >= 0.6 is 23.5 Å². The minimum atomic E-state index is 0.281. The molecule has 0 spiro atoms. The first-order chi connectivity index (χ1) is 8.18. The molecule has 0 aliphatic carbocycles. The highest BCUT2D eigenvalue weighted by molar-refractivity contribution is 8.07. The molecule has 2 rings (SSSR count). The lowest BCUT2D eigenvalue weighted by Gasteiger charge is -2.32. The van der Waals surface area contributed by atoms with Crippen LogP contribution in [0.15, 0.2) is 24.3 Å². The van der Waals surface area contributed by atoms with Gasteiger partial charge in [0, 0.05) is 28.0 Å². The van der Waals surface area contributed by atoms with Crippen molar-refractivity contribution in [3.05, 3.63) is 35.4 Å². The zero-order valence-electron chi connectivity index (χ0n) is 10.6. The van der Waals surface area contributed by atoms with Gasteiger partial charge < -0.3 is 5.73 Å². The molecular formula is C14H21NS2. The largest absolute Gasteiger partial charge is 0.326 e. The first-order valence-electron chi connectivity index (χ1n) is 6.22. The smallest absolute Gasteiger partial charge is 0.0318 e. The summed E-state index contributed by atoms with van der Waals surface area (Å²) in [7, 11) is 0. The molecule has 3 unspecified atom stereocenters. The molecular weight excluding hydrogens is 246 g/mol. The van der Waals surface area contributed by atoms with Gasteiger partial charge in [0.1, 0.15) is 0 Å². The van der Waals surface area contributed by atoms with E-state index in [1.165, 1.54) is 22.6 Å². The van der Waals surface area contributed by atoms with Crippen LogP contribution in [0.2, 0.25) is 0 Å².